The molecule has 2 aromatic heterocycles. The van der Waals surface area contributed by atoms with Gasteiger partial charge in [-0.15, -0.1) is 0 Å². The van der Waals surface area contributed by atoms with Crippen molar-refractivity contribution in [2.24, 2.45) is 11.8 Å². The van der Waals surface area contributed by atoms with Gasteiger partial charge in [0.15, 0.2) is 6.29 Å². The molecule has 4 heteroatoms. The lowest BCUT2D eigenvalue weighted by atomic mass is 9.76. The van der Waals surface area contributed by atoms with Gasteiger partial charge in [-0.1, -0.05) is 158 Å². The lowest BCUT2D eigenvalue weighted by molar-refractivity contribution is 0.404. The number of allylic oxidation sites excluding steroid dienone is 15. The third-order valence-electron chi connectivity index (χ3n) is 14.3. The molecule has 0 bridgehead atoms. The number of anilines is 1. The molecule has 0 radical (unpaired) electrons. The molecule has 2 N–H and O–H groups in total. The van der Waals surface area contributed by atoms with Crippen molar-refractivity contribution in [2.75, 3.05) is 5.32 Å². The van der Waals surface area contributed by atoms with Crippen LogP contribution in [0.4, 0.5) is 5.69 Å². The minimum absolute atomic E-state index is 0.0162. The van der Waals surface area contributed by atoms with Crippen molar-refractivity contribution in [3.05, 3.63) is 240 Å². The molecule has 6 aromatic carbocycles. The van der Waals surface area contributed by atoms with E-state index in [-0.39, 0.29) is 12.3 Å². The van der Waals surface area contributed by atoms with Crippen LogP contribution in [0.5, 0.6) is 0 Å². The maximum atomic E-state index is 4.22. The van der Waals surface area contributed by atoms with Crippen LogP contribution >= 0.6 is 0 Å². The molecular formula is C60H48N4. The number of para-hydroxylation sites is 4. The zero-order valence-corrected chi connectivity index (χ0v) is 35.7. The average Bonchev–Trinajstić information content (AvgIpc) is 3.88. The Bertz CT molecular complexity index is 3470. The van der Waals surface area contributed by atoms with Crippen molar-refractivity contribution in [2.45, 2.75) is 38.0 Å². The summed E-state index contributed by atoms with van der Waals surface area (Å²) in [6.07, 6.45) is 30.2. The lowest BCUT2D eigenvalue weighted by Gasteiger charge is -2.39. The monoisotopic (exact) mass is 824 g/mol. The highest BCUT2D eigenvalue weighted by Gasteiger charge is 2.34. The standard InChI is InChI=1S/C60H48N4/c1-3-15-39(16-4-1)45-34-46(42-28-27-40-17-7-8-18-41(40)33-42)36-47(35-45)59-52-23-9-12-24-54(52)61-60(62-59)64-56-26-14-11-22-50(56)53-37-43(30-32-57(53)64)44-29-31-51-49-21-10-13-25-55(49)63(58(51)38-44)48-19-5-2-6-20-48/h2-3,5-26,28-34,36-38,40,45,59-62H,1,4,27,35H2. The fourth-order valence-corrected chi connectivity index (χ4v) is 11.2. The maximum absolute atomic E-state index is 4.22. The summed E-state index contributed by atoms with van der Waals surface area (Å²) in [5, 5.41) is 13.2. The number of rotatable bonds is 6. The molecule has 0 saturated carbocycles. The van der Waals surface area contributed by atoms with Gasteiger partial charge >= 0.3 is 0 Å². The van der Waals surface area contributed by atoms with Crippen molar-refractivity contribution in [3.8, 4) is 16.8 Å². The van der Waals surface area contributed by atoms with E-state index in [1.165, 1.54) is 99.5 Å². The van der Waals surface area contributed by atoms with E-state index in [4.69, 9.17) is 0 Å². The number of fused-ring (bicyclic) bond motifs is 8. The predicted molar refractivity (Wildman–Crippen MR) is 267 cm³/mol. The van der Waals surface area contributed by atoms with Crippen molar-refractivity contribution < 1.29 is 0 Å². The molecule has 0 saturated heterocycles. The molecule has 0 spiro atoms. The highest BCUT2D eigenvalue weighted by atomic mass is 15.3. The quantitative estimate of drug-likeness (QED) is 0.175. The summed E-state index contributed by atoms with van der Waals surface area (Å²) >= 11 is 0. The molecule has 0 amide bonds. The van der Waals surface area contributed by atoms with Crippen molar-refractivity contribution >= 4 is 49.3 Å². The van der Waals surface area contributed by atoms with Crippen LogP contribution in [0.1, 0.15) is 43.6 Å². The van der Waals surface area contributed by atoms with Gasteiger partial charge in [0.2, 0.25) is 0 Å². The molecule has 0 fully saturated rings. The average molecular weight is 825 g/mol. The smallest absolute Gasteiger partial charge is 0.160 e. The second-order valence-corrected chi connectivity index (χ2v) is 18.0. The van der Waals surface area contributed by atoms with E-state index in [0.717, 1.165) is 25.7 Å². The summed E-state index contributed by atoms with van der Waals surface area (Å²) in [4.78, 5) is 0. The van der Waals surface area contributed by atoms with Gasteiger partial charge in [0.05, 0.1) is 28.1 Å². The van der Waals surface area contributed by atoms with Gasteiger partial charge in [0, 0.05) is 44.8 Å². The highest BCUT2D eigenvalue weighted by molar-refractivity contribution is 6.12. The van der Waals surface area contributed by atoms with Gasteiger partial charge in [-0.05, 0) is 119 Å². The van der Waals surface area contributed by atoms with E-state index in [1.54, 1.807) is 0 Å². The Morgan fingerprint density at radius 2 is 1.31 bits per heavy atom. The first-order valence-corrected chi connectivity index (χ1v) is 23.0. The molecule has 4 nitrogen and oxygen atoms in total. The minimum atomic E-state index is -0.190. The second kappa shape index (κ2) is 15.1. The molecule has 13 rings (SSSR count). The summed E-state index contributed by atoms with van der Waals surface area (Å²) < 4.78 is 4.90. The largest absolute Gasteiger partial charge is 0.352 e. The number of aromatic nitrogens is 2. The van der Waals surface area contributed by atoms with Gasteiger partial charge in [-0.25, -0.2) is 0 Å². The Balaban J connectivity index is 0.914. The number of nitrogens with one attached hydrogen (secondary N) is 2. The summed E-state index contributed by atoms with van der Waals surface area (Å²) in [5.74, 6) is 0.783. The maximum Gasteiger partial charge on any atom is 0.160 e. The second-order valence-electron chi connectivity index (χ2n) is 18.0. The lowest BCUT2D eigenvalue weighted by Crippen LogP contribution is -2.41. The van der Waals surface area contributed by atoms with Crippen LogP contribution in [0.25, 0.3) is 60.4 Å². The fraction of sp³-hybridized carbons (Fsp3) is 0.133. The zero-order chi connectivity index (χ0) is 42.1. The summed E-state index contributed by atoms with van der Waals surface area (Å²) in [7, 11) is 0. The van der Waals surface area contributed by atoms with Gasteiger partial charge in [0.1, 0.15) is 0 Å². The van der Waals surface area contributed by atoms with Gasteiger partial charge in [-0.2, -0.15) is 0 Å². The summed E-state index contributed by atoms with van der Waals surface area (Å²) in [5.41, 5.74) is 17.8. The topological polar surface area (TPSA) is 33.9 Å². The molecule has 308 valence electrons. The number of hydrogen-bond donors (Lipinski definition) is 2. The van der Waals surface area contributed by atoms with Crippen LogP contribution < -0.4 is 10.6 Å². The molecule has 3 heterocycles. The highest BCUT2D eigenvalue weighted by Crippen LogP contribution is 2.46. The Morgan fingerprint density at radius 1 is 0.547 bits per heavy atom. The third-order valence-corrected chi connectivity index (χ3v) is 14.3. The van der Waals surface area contributed by atoms with Gasteiger partial charge in [0.25, 0.3) is 0 Å². The van der Waals surface area contributed by atoms with E-state index in [9.17, 15) is 0 Å². The van der Waals surface area contributed by atoms with Gasteiger partial charge in [-0.3, -0.25) is 5.32 Å². The number of benzene rings is 6. The van der Waals surface area contributed by atoms with E-state index in [0.29, 0.717) is 11.8 Å². The number of nitrogens with zero attached hydrogens (tertiary/aromatic N) is 2. The van der Waals surface area contributed by atoms with Gasteiger partial charge < -0.3 is 14.5 Å². The molecular weight excluding hydrogens is 777 g/mol. The first kappa shape index (κ1) is 37.2. The predicted octanol–water partition coefficient (Wildman–Crippen LogP) is 14.9. The molecule has 8 aromatic rings. The van der Waals surface area contributed by atoms with Crippen molar-refractivity contribution in [3.63, 3.8) is 0 Å². The van der Waals surface area contributed by atoms with Crippen LogP contribution in [0.2, 0.25) is 0 Å². The number of hydrogen-bond acceptors (Lipinski definition) is 2. The first-order chi connectivity index (χ1) is 31.7. The zero-order valence-electron chi connectivity index (χ0n) is 35.7. The Hall–Kier alpha value is -7.40. The van der Waals surface area contributed by atoms with E-state index in [1.807, 2.05) is 0 Å². The van der Waals surface area contributed by atoms with E-state index in [2.05, 4.69) is 226 Å². The van der Waals surface area contributed by atoms with Crippen LogP contribution in [0.3, 0.4) is 0 Å². The third kappa shape index (κ3) is 6.16. The summed E-state index contributed by atoms with van der Waals surface area (Å²) in [6.45, 7) is 0. The van der Waals surface area contributed by atoms with Crippen molar-refractivity contribution in [1.82, 2.24) is 14.5 Å². The van der Waals surface area contributed by atoms with Crippen LogP contribution in [-0.4, -0.2) is 9.13 Å². The van der Waals surface area contributed by atoms with E-state index >= 15 is 0 Å². The Labute approximate surface area is 373 Å². The first-order valence-electron chi connectivity index (χ1n) is 23.0. The minimum Gasteiger partial charge on any atom is -0.352 e. The van der Waals surface area contributed by atoms with Crippen molar-refractivity contribution in [1.29, 1.82) is 0 Å². The Kier molecular flexibility index (Phi) is 8.80. The molecule has 5 aliphatic rings. The van der Waals surface area contributed by atoms with E-state index < -0.39 is 0 Å². The fourth-order valence-electron chi connectivity index (χ4n) is 11.2. The molecule has 1 aliphatic heterocycles. The SMILES string of the molecule is C1=CC2=CC(C3=CC(C4=CCCC=C4)CC(C4NC(n5c6ccccc6c6cc(-c7ccc8c9ccccc9n(-c9ccccc9)c8c7)ccc65)Nc5ccccc54)=C3)=CCC2C=C1. The summed E-state index contributed by atoms with van der Waals surface area (Å²) in [6, 6.07) is 51.4. The molecule has 4 aliphatic carbocycles. The molecule has 4 unspecified atom stereocenters. The normalized spacial score (nSPS) is 21.5. The van der Waals surface area contributed by atoms with Crippen LogP contribution in [0, 0.1) is 11.8 Å². The molecule has 4 atom stereocenters. The Morgan fingerprint density at radius 3 is 2.20 bits per heavy atom. The van der Waals surface area contributed by atoms with Crippen LogP contribution in [0.15, 0.2) is 234 Å². The molecule has 64 heavy (non-hydrogen) atoms. The van der Waals surface area contributed by atoms with Crippen LogP contribution in [-0.2, 0) is 0 Å².